The molecule has 0 atom stereocenters. The summed E-state index contributed by atoms with van der Waals surface area (Å²) in [5, 5.41) is 4.13. The Hall–Kier alpha value is -1.84. The highest BCUT2D eigenvalue weighted by atomic mass is 19.1. The lowest BCUT2D eigenvalue weighted by atomic mass is 10.3. The van der Waals surface area contributed by atoms with E-state index in [1.165, 1.54) is 12.1 Å². The maximum atomic E-state index is 12.9. The third-order valence-electron chi connectivity index (χ3n) is 2.21. The predicted molar refractivity (Wildman–Crippen MR) is 58.6 cm³/mol. The minimum atomic E-state index is -0.290. The summed E-state index contributed by atoms with van der Waals surface area (Å²) in [6.07, 6.45) is 3.67. The monoisotopic (exact) mass is 220 g/mol. The van der Waals surface area contributed by atoms with Gasteiger partial charge in [-0.05, 0) is 19.1 Å². The van der Waals surface area contributed by atoms with Crippen molar-refractivity contribution in [2.24, 2.45) is 0 Å². The van der Waals surface area contributed by atoms with Gasteiger partial charge >= 0.3 is 0 Å². The van der Waals surface area contributed by atoms with Gasteiger partial charge in [-0.3, -0.25) is 4.68 Å². The van der Waals surface area contributed by atoms with Crippen molar-refractivity contribution in [3.05, 3.63) is 48.0 Å². The van der Waals surface area contributed by atoms with Gasteiger partial charge in [0.1, 0.15) is 18.2 Å². The molecule has 0 saturated heterocycles. The van der Waals surface area contributed by atoms with Crippen LogP contribution in [0.25, 0.3) is 0 Å². The number of benzene rings is 1. The molecule has 4 heteroatoms. The fourth-order valence-electron chi connectivity index (χ4n) is 1.38. The number of rotatable bonds is 4. The third kappa shape index (κ3) is 2.59. The summed E-state index contributed by atoms with van der Waals surface area (Å²) in [4.78, 5) is 0. The van der Waals surface area contributed by atoms with E-state index in [9.17, 15) is 4.39 Å². The van der Waals surface area contributed by atoms with Gasteiger partial charge in [0.25, 0.3) is 0 Å². The van der Waals surface area contributed by atoms with Gasteiger partial charge in [-0.2, -0.15) is 5.10 Å². The van der Waals surface area contributed by atoms with Crippen LogP contribution in [0.4, 0.5) is 4.39 Å². The zero-order chi connectivity index (χ0) is 11.4. The Morgan fingerprint density at radius 1 is 1.44 bits per heavy atom. The normalized spacial score (nSPS) is 10.4. The fourth-order valence-corrected chi connectivity index (χ4v) is 1.38. The van der Waals surface area contributed by atoms with Crippen LogP contribution in [0, 0.1) is 5.82 Å². The van der Waals surface area contributed by atoms with Crippen LogP contribution in [-0.2, 0) is 13.2 Å². The van der Waals surface area contributed by atoms with E-state index in [4.69, 9.17) is 4.74 Å². The van der Waals surface area contributed by atoms with Crippen LogP contribution in [0.2, 0.25) is 0 Å². The first-order valence-corrected chi connectivity index (χ1v) is 5.17. The van der Waals surface area contributed by atoms with E-state index in [1.54, 1.807) is 18.3 Å². The summed E-state index contributed by atoms with van der Waals surface area (Å²) >= 11 is 0. The number of nitrogens with zero attached hydrogens (tertiary/aromatic N) is 2. The van der Waals surface area contributed by atoms with Gasteiger partial charge in [0, 0.05) is 24.4 Å². The van der Waals surface area contributed by atoms with Crippen molar-refractivity contribution in [1.29, 1.82) is 0 Å². The molecule has 0 unspecified atom stereocenters. The van der Waals surface area contributed by atoms with Crippen LogP contribution in [0.5, 0.6) is 5.75 Å². The third-order valence-corrected chi connectivity index (χ3v) is 2.21. The molecule has 0 aliphatic carbocycles. The van der Waals surface area contributed by atoms with Crippen LogP contribution < -0.4 is 4.74 Å². The molecule has 0 spiro atoms. The van der Waals surface area contributed by atoms with Gasteiger partial charge in [0.05, 0.1) is 6.20 Å². The SMILES string of the molecule is CCn1cc(COc2cccc(F)c2)cn1. The second-order valence-electron chi connectivity index (χ2n) is 3.45. The smallest absolute Gasteiger partial charge is 0.126 e. The molecule has 1 aromatic carbocycles. The summed E-state index contributed by atoms with van der Waals surface area (Å²) in [5.41, 5.74) is 0.978. The summed E-state index contributed by atoms with van der Waals surface area (Å²) in [6.45, 7) is 3.26. The second kappa shape index (κ2) is 4.79. The Labute approximate surface area is 93.5 Å². The molecule has 0 fully saturated rings. The van der Waals surface area contributed by atoms with E-state index >= 15 is 0 Å². The Bertz CT molecular complexity index is 468. The molecule has 1 aromatic heterocycles. The van der Waals surface area contributed by atoms with Crippen molar-refractivity contribution in [1.82, 2.24) is 9.78 Å². The Kier molecular flexibility index (Phi) is 3.19. The molecule has 2 rings (SSSR count). The van der Waals surface area contributed by atoms with E-state index in [1.807, 2.05) is 17.8 Å². The highest BCUT2D eigenvalue weighted by Gasteiger charge is 1.99. The number of aryl methyl sites for hydroxylation is 1. The Morgan fingerprint density at radius 3 is 3.00 bits per heavy atom. The van der Waals surface area contributed by atoms with E-state index in [2.05, 4.69) is 5.10 Å². The van der Waals surface area contributed by atoms with E-state index in [0.717, 1.165) is 12.1 Å². The minimum absolute atomic E-state index is 0.290. The van der Waals surface area contributed by atoms with E-state index in [0.29, 0.717) is 12.4 Å². The van der Waals surface area contributed by atoms with Gasteiger partial charge in [0.15, 0.2) is 0 Å². The summed E-state index contributed by atoms with van der Waals surface area (Å²) in [6, 6.07) is 6.11. The molecule has 0 radical (unpaired) electrons. The zero-order valence-corrected chi connectivity index (χ0v) is 9.06. The highest BCUT2D eigenvalue weighted by molar-refractivity contribution is 5.22. The second-order valence-corrected chi connectivity index (χ2v) is 3.45. The molecule has 3 nitrogen and oxygen atoms in total. The van der Waals surface area contributed by atoms with Gasteiger partial charge in [-0.25, -0.2) is 4.39 Å². The van der Waals surface area contributed by atoms with Crippen LogP contribution in [-0.4, -0.2) is 9.78 Å². The molecule has 2 aromatic rings. The maximum Gasteiger partial charge on any atom is 0.126 e. The quantitative estimate of drug-likeness (QED) is 0.792. The summed E-state index contributed by atoms with van der Waals surface area (Å²) in [5.74, 6) is 0.242. The first kappa shape index (κ1) is 10.7. The molecule has 0 N–H and O–H groups in total. The summed E-state index contributed by atoms with van der Waals surface area (Å²) in [7, 11) is 0. The molecular formula is C12H13FN2O. The Morgan fingerprint density at radius 2 is 2.31 bits per heavy atom. The van der Waals surface area contributed by atoms with Crippen molar-refractivity contribution < 1.29 is 9.13 Å². The van der Waals surface area contributed by atoms with Gasteiger partial charge < -0.3 is 4.74 Å². The number of aromatic nitrogens is 2. The van der Waals surface area contributed by atoms with Crippen LogP contribution in [0.15, 0.2) is 36.7 Å². The molecular weight excluding hydrogens is 207 g/mol. The number of hydrogen-bond donors (Lipinski definition) is 0. The lowest BCUT2D eigenvalue weighted by molar-refractivity contribution is 0.304. The van der Waals surface area contributed by atoms with Crippen molar-refractivity contribution in [2.75, 3.05) is 0 Å². The fraction of sp³-hybridized carbons (Fsp3) is 0.250. The van der Waals surface area contributed by atoms with Crippen LogP contribution in [0.1, 0.15) is 12.5 Å². The van der Waals surface area contributed by atoms with Crippen molar-refractivity contribution in [3.8, 4) is 5.75 Å². The lowest BCUT2D eigenvalue weighted by Crippen LogP contribution is -1.95. The van der Waals surface area contributed by atoms with Gasteiger partial charge in [0.2, 0.25) is 0 Å². The molecule has 0 amide bonds. The van der Waals surface area contributed by atoms with Crippen molar-refractivity contribution in [3.63, 3.8) is 0 Å². The average molecular weight is 220 g/mol. The molecule has 0 saturated carbocycles. The van der Waals surface area contributed by atoms with Gasteiger partial charge in [-0.15, -0.1) is 0 Å². The van der Waals surface area contributed by atoms with Crippen LogP contribution >= 0.6 is 0 Å². The lowest BCUT2D eigenvalue weighted by Gasteiger charge is -2.03. The van der Waals surface area contributed by atoms with Crippen LogP contribution in [0.3, 0.4) is 0 Å². The standard InChI is InChI=1S/C12H13FN2O/c1-2-15-8-10(7-14-15)9-16-12-5-3-4-11(13)6-12/h3-8H,2,9H2,1H3. The van der Waals surface area contributed by atoms with Gasteiger partial charge in [-0.1, -0.05) is 6.07 Å². The van der Waals surface area contributed by atoms with Crippen molar-refractivity contribution in [2.45, 2.75) is 20.1 Å². The highest BCUT2D eigenvalue weighted by Crippen LogP contribution is 2.13. The molecule has 0 aliphatic rings. The average Bonchev–Trinajstić information content (AvgIpc) is 2.74. The first-order valence-electron chi connectivity index (χ1n) is 5.17. The molecule has 0 aliphatic heterocycles. The molecule has 1 heterocycles. The molecule has 84 valence electrons. The first-order chi connectivity index (χ1) is 7.78. The topological polar surface area (TPSA) is 27.1 Å². The molecule has 16 heavy (non-hydrogen) atoms. The van der Waals surface area contributed by atoms with E-state index in [-0.39, 0.29) is 5.82 Å². The largest absolute Gasteiger partial charge is 0.489 e. The summed E-state index contributed by atoms with van der Waals surface area (Å²) < 4.78 is 20.1. The van der Waals surface area contributed by atoms with E-state index < -0.39 is 0 Å². The zero-order valence-electron chi connectivity index (χ0n) is 9.06. The molecule has 0 bridgehead atoms. The minimum Gasteiger partial charge on any atom is -0.489 e. The predicted octanol–water partition coefficient (Wildman–Crippen LogP) is 2.62. The number of halogens is 1. The maximum absolute atomic E-state index is 12.9. The Balaban J connectivity index is 1.96. The number of ether oxygens (including phenoxy) is 1. The van der Waals surface area contributed by atoms with Crippen molar-refractivity contribution >= 4 is 0 Å². The number of hydrogen-bond acceptors (Lipinski definition) is 2.